The molecule has 0 aliphatic carbocycles. The Morgan fingerprint density at radius 3 is 2.59 bits per heavy atom. The summed E-state index contributed by atoms with van der Waals surface area (Å²) in [6.45, 7) is 5.91. The van der Waals surface area contributed by atoms with Gasteiger partial charge < -0.3 is 15.2 Å². The number of amides is 1. The SMILES string of the molecule is CCC(C)(CNC(=O)C1(C)CCCO1)C(=O)O. The summed E-state index contributed by atoms with van der Waals surface area (Å²) in [7, 11) is 0. The Kier molecular flexibility index (Phi) is 4.14. The number of rotatable bonds is 5. The van der Waals surface area contributed by atoms with Gasteiger partial charge in [-0.15, -0.1) is 0 Å². The molecule has 98 valence electrons. The minimum Gasteiger partial charge on any atom is -0.481 e. The van der Waals surface area contributed by atoms with Crippen LogP contribution in [0.25, 0.3) is 0 Å². The van der Waals surface area contributed by atoms with E-state index in [1.807, 2.05) is 0 Å². The van der Waals surface area contributed by atoms with E-state index in [1.165, 1.54) is 0 Å². The van der Waals surface area contributed by atoms with Crippen LogP contribution < -0.4 is 5.32 Å². The van der Waals surface area contributed by atoms with E-state index in [2.05, 4.69) is 5.32 Å². The largest absolute Gasteiger partial charge is 0.481 e. The lowest BCUT2D eigenvalue weighted by Gasteiger charge is -2.27. The van der Waals surface area contributed by atoms with Gasteiger partial charge in [0.05, 0.1) is 5.41 Å². The van der Waals surface area contributed by atoms with Crippen molar-refractivity contribution in [2.45, 2.75) is 45.6 Å². The van der Waals surface area contributed by atoms with Crippen LogP contribution in [0.5, 0.6) is 0 Å². The molecule has 0 bridgehead atoms. The van der Waals surface area contributed by atoms with Crippen molar-refractivity contribution in [1.82, 2.24) is 5.32 Å². The van der Waals surface area contributed by atoms with Gasteiger partial charge in [0.25, 0.3) is 5.91 Å². The molecule has 0 saturated carbocycles. The van der Waals surface area contributed by atoms with Crippen molar-refractivity contribution < 1.29 is 19.4 Å². The average molecular weight is 243 g/mol. The summed E-state index contributed by atoms with van der Waals surface area (Å²) in [5, 5.41) is 11.8. The number of aliphatic carboxylic acids is 1. The molecule has 1 saturated heterocycles. The summed E-state index contributed by atoms with van der Waals surface area (Å²) in [6, 6.07) is 0. The third-order valence-corrected chi connectivity index (χ3v) is 3.63. The number of carbonyl (C=O) groups is 2. The van der Waals surface area contributed by atoms with Crippen LogP contribution in [0.4, 0.5) is 0 Å². The Morgan fingerprint density at radius 2 is 2.18 bits per heavy atom. The smallest absolute Gasteiger partial charge is 0.311 e. The standard InChI is InChI=1S/C12H21NO4/c1-4-11(2,10(15)16)8-13-9(14)12(3)6-5-7-17-12/h4-8H2,1-3H3,(H,13,14)(H,15,16). The molecular weight excluding hydrogens is 222 g/mol. The Bertz CT molecular complexity index is 310. The molecule has 0 radical (unpaired) electrons. The summed E-state index contributed by atoms with van der Waals surface area (Å²) in [4.78, 5) is 23.0. The van der Waals surface area contributed by atoms with Crippen molar-refractivity contribution in [2.24, 2.45) is 5.41 Å². The highest BCUT2D eigenvalue weighted by Gasteiger charge is 2.39. The second-order valence-corrected chi connectivity index (χ2v) is 5.08. The molecular formula is C12H21NO4. The quantitative estimate of drug-likeness (QED) is 0.760. The van der Waals surface area contributed by atoms with Crippen LogP contribution >= 0.6 is 0 Å². The molecule has 5 heteroatoms. The third kappa shape index (κ3) is 2.97. The van der Waals surface area contributed by atoms with Gasteiger partial charge in [-0.25, -0.2) is 0 Å². The molecule has 1 amide bonds. The molecule has 1 heterocycles. The molecule has 0 aromatic heterocycles. The van der Waals surface area contributed by atoms with Crippen LogP contribution in [0.1, 0.15) is 40.0 Å². The van der Waals surface area contributed by atoms with Gasteiger partial charge in [0, 0.05) is 13.2 Å². The van der Waals surface area contributed by atoms with E-state index >= 15 is 0 Å². The molecule has 1 fully saturated rings. The van der Waals surface area contributed by atoms with Crippen molar-refractivity contribution in [3.05, 3.63) is 0 Å². The molecule has 17 heavy (non-hydrogen) atoms. The molecule has 1 rings (SSSR count). The highest BCUT2D eigenvalue weighted by atomic mass is 16.5. The van der Waals surface area contributed by atoms with Crippen molar-refractivity contribution in [3.63, 3.8) is 0 Å². The first kappa shape index (κ1) is 14.0. The number of carboxylic acids is 1. The fourth-order valence-corrected chi connectivity index (χ4v) is 1.77. The predicted octanol–water partition coefficient (Wildman–Crippen LogP) is 1.17. The Morgan fingerprint density at radius 1 is 1.53 bits per heavy atom. The highest BCUT2D eigenvalue weighted by molar-refractivity contribution is 5.85. The number of nitrogens with one attached hydrogen (secondary N) is 1. The number of ether oxygens (including phenoxy) is 1. The first-order valence-corrected chi connectivity index (χ1v) is 6.00. The van der Waals surface area contributed by atoms with Crippen LogP contribution in [0.3, 0.4) is 0 Å². The molecule has 1 aliphatic heterocycles. The normalized spacial score (nSPS) is 27.5. The number of hydrogen-bond acceptors (Lipinski definition) is 3. The molecule has 2 atom stereocenters. The lowest BCUT2D eigenvalue weighted by atomic mass is 9.87. The van der Waals surface area contributed by atoms with Crippen molar-refractivity contribution in [2.75, 3.05) is 13.2 Å². The monoisotopic (exact) mass is 243 g/mol. The molecule has 1 aliphatic rings. The van der Waals surface area contributed by atoms with Gasteiger partial charge in [-0.3, -0.25) is 9.59 Å². The van der Waals surface area contributed by atoms with Crippen LogP contribution in [0, 0.1) is 5.41 Å². The fraction of sp³-hybridized carbons (Fsp3) is 0.833. The molecule has 5 nitrogen and oxygen atoms in total. The van der Waals surface area contributed by atoms with Crippen molar-refractivity contribution in [3.8, 4) is 0 Å². The van der Waals surface area contributed by atoms with Crippen molar-refractivity contribution in [1.29, 1.82) is 0 Å². The second kappa shape index (κ2) is 5.04. The lowest BCUT2D eigenvalue weighted by Crippen LogP contribution is -2.49. The molecule has 2 unspecified atom stereocenters. The minimum atomic E-state index is -0.912. The van der Waals surface area contributed by atoms with E-state index < -0.39 is 17.0 Å². The first-order chi connectivity index (χ1) is 7.84. The summed E-state index contributed by atoms with van der Waals surface area (Å²) in [6.07, 6.45) is 2.03. The van der Waals surface area contributed by atoms with Gasteiger partial charge in [0.2, 0.25) is 0 Å². The van der Waals surface area contributed by atoms with Gasteiger partial charge in [0.1, 0.15) is 5.60 Å². The number of carboxylic acid groups (broad SMARTS) is 1. The minimum absolute atomic E-state index is 0.136. The zero-order chi connectivity index (χ0) is 13.1. The van der Waals surface area contributed by atoms with Crippen LogP contribution in [-0.2, 0) is 14.3 Å². The zero-order valence-electron chi connectivity index (χ0n) is 10.7. The van der Waals surface area contributed by atoms with Crippen LogP contribution in [-0.4, -0.2) is 35.7 Å². The van der Waals surface area contributed by atoms with E-state index in [0.29, 0.717) is 19.4 Å². The second-order valence-electron chi connectivity index (χ2n) is 5.08. The highest BCUT2D eigenvalue weighted by Crippen LogP contribution is 2.26. The molecule has 2 N–H and O–H groups in total. The summed E-state index contributed by atoms with van der Waals surface area (Å²) in [5.74, 6) is -1.10. The van der Waals surface area contributed by atoms with E-state index in [9.17, 15) is 9.59 Å². The van der Waals surface area contributed by atoms with E-state index in [-0.39, 0.29) is 12.5 Å². The number of carbonyl (C=O) groups excluding carboxylic acids is 1. The van der Waals surface area contributed by atoms with Gasteiger partial charge in [0.15, 0.2) is 0 Å². The molecule has 0 aromatic rings. The molecule has 0 spiro atoms. The maximum atomic E-state index is 11.9. The van der Waals surface area contributed by atoms with Gasteiger partial charge >= 0.3 is 5.97 Å². The summed E-state index contributed by atoms with van der Waals surface area (Å²) < 4.78 is 5.40. The Labute approximate surface area is 102 Å². The fourth-order valence-electron chi connectivity index (χ4n) is 1.77. The molecule has 0 aromatic carbocycles. The van der Waals surface area contributed by atoms with E-state index in [4.69, 9.17) is 9.84 Å². The maximum Gasteiger partial charge on any atom is 0.311 e. The lowest BCUT2D eigenvalue weighted by molar-refractivity contribution is -0.149. The first-order valence-electron chi connectivity index (χ1n) is 6.00. The Hall–Kier alpha value is -1.10. The number of hydrogen-bond donors (Lipinski definition) is 2. The zero-order valence-corrected chi connectivity index (χ0v) is 10.7. The van der Waals surface area contributed by atoms with Gasteiger partial charge in [-0.05, 0) is 33.1 Å². The van der Waals surface area contributed by atoms with Gasteiger partial charge in [-0.2, -0.15) is 0 Å². The van der Waals surface area contributed by atoms with Crippen LogP contribution in [0.15, 0.2) is 0 Å². The summed E-state index contributed by atoms with van der Waals surface area (Å²) >= 11 is 0. The predicted molar refractivity (Wildman–Crippen MR) is 62.6 cm³/mol. The van der Waals surface area contributed by atoms with Gasteiger partial charge in [-0.1, -0.05) is 6.92 Å². The average Bonchev–Trinajstić information content (AvgIpc) is 2.73. The van der Waals surface area contributed by atoms with E-state index in [0.717, 1.165) is 6.42 Å². The third-order valence-electron chi connectivity index (χ3n) is 3.63. The summed E-state index contributed by atoms with van der Waals surface area (Å²) in [5.41, 5.74) is -1.70. The Balaban J connectivity index is 2.55. The van der Waals surface area contributed by atoms with E-state index in [1.54, 1.807) is 20.8 Å². The van der Waals surface area contributed by atoms with Crippen molar-refractivity contribution >= 4 is 11.9 Å². The maximum absolute atomic E-state index is 11.9. The van der Waals surface area contributed by atoms with Crippen LogP contribution in [0.2, 0.25) is 0 Å². The topological polar surface area (TPSA) is 75.6 Å².